The van der Waals surface area contributed by atoms with Crippen LogP contribution in [0.15, 0.2) is 22.2 Å². The van der Waals surface area contributed by atoms with E-state index in [4.69, 9.17) is 5.53 Å². The summed E-state index contributed by atoms with van der Waals surface area (Å²) in [4.78, 5) is 16.1. The highest BCUT2D eigenvalue weighted by Crippen LogP contribution is 1.94. The first-order chi connectivity index (χ1) is 6.74. The highest BCUT2D eigenvalue weighted by Gasteiger charge is 1.92. The largest absolute Gasteiger partial charge is 0.328 e. The summed E-state index contributed by atoms with van der Waals surface area (Å²) >= 11 is 0. The van der Waals surface area contributed by atoms with Crippen LogP contribution in [0.25, 0.3) is 10.4 Å². The van der Waals surface area contributed by atoms with Gasteiger partial charge in [0, 0.05) is 22.2 Å². The van der Waals surface area contributed by atoms with Gasteiger partial charge >= 0.3 is 0 Å². The summed E-state index contributed by atoms with van der Waals surface area (Å²) in [5, 5.41) is 3.26. The first-order valence-corrected chi connectivity index (χ1v) is 3.93. The predicted octanol–water partition coefficient (Wildman–Crippen LogP) is 1.35. The fourth-order valence-electron chi connectivity index (χ4n) is 0.878. The Labute approximate surface area is 80.4 Å². The predicted molar refractivity (Wildman–Crippen MR) is 52.7 cm³/mol. The normalized spacial score (nSPS) is 8.36. The van der Waals surface area contributed by atoms with Gasteiger partial charge in [0.05, 0.1) is 6.54 Å². The van der Waals surface area contributed by atoms with Gasteiger partial charge in [0.15, 0.2) is 0 Å². The standard InChI is InChI=1S/C9H8N4O/c1-7-5-8(6-11-9(7)14)3-2-4-12-13-10/h5-6H,4H2,1H3,(H,11,14). The van der Waals surface area contributed by atoms with Gasteiger partial charge in [0.1, 0.15) is 0 Å². The number of hydrogen-bond acceptors (Lipinski definition) is 2. The average molecular weight is 188 g/mol. The molecule has 0 spiro atoms. The van der Waals surface area contributed by atoms with E-state index < -0.39 is 0 Å². The number of aromatic nitrogens is 1. The molecule has 1 rings (SSSR count). The molecule has 0 atom stereocenters. The van der Waals surface area contributed by atoms with E-state index in [1.54, 1.807) is 13.0 Å². The zero-order valence-corrected chi connectivity index (χ0v) is 7.61. The molecular formula is C9H8N4O. The van der Waals surface area contributed by atoms with E-state index in [0.717, 1.165) is 0 Å². The van der Waals surface area contributed by atoms with Crippen LogP contribution in [-0.4, -0.2) is 11.5 Å². The van der Waals surface area contributed by atoms with Crippen molar-refractivity contribution in [1.82, 2.24) is 4.98 Å². The van der Waals surface area contributed by atoms with Gasteiger partial charge in [0.2, 0.25) is 0 Å². The van der Waals surface area contributed by atoms with Gasteiger partial charge in [-0.15, -0.1) is 0 Å². The quantitative estimate of drug-likeness (QED) is 0.307. The fourth-order valence-corrected chi connectivity index (χ4v) is 0.878. The number of nitrogens with zero attached hydrogens (tertiary/aromatic N) is 3. The first kappa shape index (κ1) is 9.90. The van der Waals surface area contributed by atoms with Crippen LogP contribution in [0.4, 0.5) is 0 Å². The van der Waals surface area contributed by atoms with Crippen LogP contribution in [0.3, 0.4) is 0 Å². The second-order valence-corrected chi connectivity index (χ2v) is 2.59. The molecular weight excluding hydrogens is 180 g/mol. The van der Waals surface area contributed by atoms with Gasteiger partial charge in [-0.1, -0.05) is 17.0 Å². The number of aromatic amines is 1. The third-order valence-corrected chi connectivity index (χ3v) is 1.53. The number of azide groups is 1. The van der Waals surface area contributed by atoms with Crippen LogP contribution in [0.5, 0.6) is 0 Å². The van der Waals surface area contributed by atoms with Gasteiger partial charge < -0.3 is 4.98 Å². The Morgan fingerprint density at radius 1 is 1.71 bits per heavy atom. The maximum atomic E-state index is 11.0. The topological polar surface area (TPSA) is 81.6 Å². The molecule has 0 radical (unpaired) electrons. The van der Waals surface area contributed by atoms with E-state index in [9.17, 15) is 4.79 Å². The van der Waals surface area contributed by atoms with Crippen LogP contribution in [-0.2, 0) is 0 Å². The van der Waals surface area contributed by atoms with Crippen LogP contribution in [0.1, 0.15) is 11.1 Å². The molecule has 1 aromatic heterocycles. The smallest absolute Gasteiger partial charge is 0.250 e. The number of H-pyrrole nitrogens is 1. The van der Waals surface area contributed by atoms with Crippen molar-refractivity contribution in [3.05, 3.63) is 44.2 Å². The van der Waals surface area contributed by atoms with Gasteiger partial charge in [-0.2, -0.15) is 0 Å². The monoisotopic (exact) mass is 188 g/mol. The molecule has 0 aliphatic rings. The molecule has 0 saturated heterocycles. The number of pyridine rings is 1. The minimum absolute atomic E-state index is 0.120. The zero-order valence-electron chi connectivity index (χ0n) is 7.61. The Bertz CT molecular complexity index is 486. The molecule has 0 saturated carbocycles. The van der Waals surface area contributed by atoms with Gasteiger partial charge in [-0.05, 0) is 18.5 Å². The molecule has 1 heterocycles. The number of aryl methyl sites for hydroxylation is 1. The lowest BCUT2D eigenvalue weighted by Gasteiger charge is -1.91. The van der Waals surface area contributed by atoms with Crippen molar-refractivity contribution in [2.45, 2.75) is 6.92 Å². The summed E-state index contributed by atoms with van der Waals surface area (Å²) < 4.78 is 0. The molecule has 0 aromatic carbocycles. The van der Waals surface area contributed by atoms with Gasteiger partial charge in [-0.3, -0.25) is 4.79 Å². The summed E-state index contributed by atoms with van der Waals surface area (Å²) in [5.41, 5.74) is 9.18. The van der Waals surface area contributed by atoms with Gasteiger partial charge in [-0.25, -0.2) is 0 Å². The molecule has 1 N–H and O–H groups in total. The molecule has 0 bridgehead atoms. The van der Waals surface area contributed by atoms with E-state index >= 15 is 0 Å². The maximum absolute atomic E-state index is 11.0. The molecule has 1 aromatic rings. The minimum Gasteiger partial charge on any atom is -0.328 e. The Kier molecular flexibility index (Phi) is 3.36. The molecule has 70 valence electrons. The Hall–Kier alpha value is -2.18. The first-order valence-electron chi connectivity index (χ1n) is 3.93. The third-order valence-electron chi connectivity index (χ3n) is 1.53. The van der Waals surface area contributed by atoms with E-state index in [1.807, 2.05) is 0 Å². The Balaban J connectivity index is 2.85. The lowest BCUT2D eigenvalue weighted by Crippen LogP contribution is -2.08. The van der Waals surface area contributed by atoms with Crippen LogP contribution >= 0.6 is 0 Å². The molecule has 14 heavy (non-hydrogen) atoms. The zero-order chi connectivity index (χ0) is 10.4. The number of rotatable bonds is 1. The lowest BCUT2D eigenvalue weighted by atomic mass is 10.2. The number of nitrogens with one attached hydrogen (secondary N) is 1. The van der Waals surface area contributed by atoms with Crippen molar-refractivity contribution < 1.29 is 0 Å². The van der Waals surface area contributed by atoms with E-state index in [2.05, 4.69) is 26.9 Å². The highest BCUT2D eigenvalue weighted by molar-refractivity contribution is 5.34. The Morgan fingerprint density at radius 3 is 3.14 bits per heavy atom. The minimum atomic E-state index is -0.120. The van der Waals surface area contributed by atoms with E-state index in [-0.39, 0.29) is 12.1 Å². The summed E-state index contributed by atoms with van der Waals surface area (Å²) in [6, 6.07) is 1.68. The molecule has 0 unspecified atom stereocenters. The van der Waals surface area contributed by atoms with Gasteiger partial charge in [0.25, 0.3) is 5.56 Å². The van der Waals surface area contributed by atoms with E-state index in [0.29, 0.717) is 11.1 Å². The van der Waals surface area contributed by atoms with Crippen LogP contribution in [0.2, 0.25) is 0 Å². The highest BCUT2D eigenvalue weighted by atomic mass is 16.1. The van der Waals surface area contributed by atoms with Crippen molar-refractivity contribution in [1.29, 1.82) is 0 Å². The maximum Gasteiger partial charge on any atom is 0.250 e. The molecule has 0 aliphatic carbocycles. The second kappa shape index (κ2) is 4.75. The van der Waals surface area contributed by atoms with Crippen LogP contribution < -0.4 is 5.56 Å². The van der Waals surface area contributed by atoms with Crippen LogP contribution in [0, 0.1) is 18.8 Å². The van der Waals surface area contributed by atoms with Crippen molar-refractivity contribution in [3.63, 3.8) is 0 Å². The van der Waals surface area contributed by atoms with Crippen molar-refractivity contribution in [3.8, 4) is 11.8 Å². The summed E-state index contributed by atoms with van der Waals surface area (Å²) in [6.07, 6.45) is 1.53. The SMILES string of the molecule is Cc1cc(C#CCN=[N+]=[N-])c[nH]c1=O. The van der Waals surface area contributed by atoms with E-state index in [1.165, 1.54) is 6.20 Å². The summed E-state index contributed by atoms with van der Waals surface area (Å²) in [6.45, 7) is 1.84. The molecule has 0 fully saturated rings. The molecule has 0 amide bonds. The molecule has 0 aliphatic heterocycles. The summed E-state index contributed by atoms with van der Waals surface area (Å²) in [7, 11) is 0. The molecule has 5 heteroatoms. The van der Waals surface area contributed by atoms with Crippen molar-refractivity contribution in [2.24, 2.45) is 5.11 Å². The van der Waals surface area contributed by atoms with Crippen molar-refractivity contribution >= 4 is 0 Å². The lowest BCUT2D eigenvalue weighted by molar-refractivity contribution is 1.17. The molecule has 5 nitrogen and oxygen atoms in total. The third kappa shape index (κ3) is 2.70. The second-order valence-electron chi connectivity index (χ2n) is 2.59. The Morgan fingerprint density at radius 2 is 2.50 bits per heavy atom. The average Bonchev–Trinajstić information content (AvgIpc) is 2.18. The fraction of sp³-hybridized carbons (Fsp3) is 0.222. The summed E-state index contributed by atoms with van der Waals surface area (Å²) in [5.74, 6) is 5.42. The number of hydrogen-bond donors (Lipinski definition) is 1. The van der Waals surface area contributed by atoms with Crippen molar-refractivity contribution in [2.75, 3.05) is 6.54 Å².